The van der Waals surface area contributed by atoms with Gasteiger partial charge in [-0.15, -0.1) is 0 Å². The van der Waals surface area contributed by atoms with Crippen LogP contribution in [0.3, 0.4) is 0 Å². The molecule has 8 nitrogen and oxygen atoms in total. The Morgan fingerprint density at radius 2 is 2.26 bits per heavy atom. The van der Waals surface area contributed by atoms with Gasteiger partial charge in [0, 0.05) is 20.1 Å². The lowest BCUT2D eigenvalue weighted by atomic mass is 10.0. The number of nitrogens with zero attached hydrogens (tertiary/aromatic N) is 4. The molecule has 0 aliphatic carbocycles. The largest absolute Gasteiger partial charge is 0.378 e. The predicted molar refractivity (Wildman–Crippen MR) is 73.3 cm³/mol. The lowest BCUT2D eigenvalue weighted by Gasteiger charge is -2.31. The quantitative estimate of drug-likeness (QED) is 0.625. The van der Waals surface area contributed by atoms with Crippen molar-refractivity contribution in [2.24, 2.45) is 5.92 Å². The molecule has 1 aromatic rings. The zero-order chi connectivity index (χ0) is 14.0. The first-order chi connectivity index (χ1) is 9.02. The summed E-state index contributed by atoms with van der Waals surface area (Å²) in [5, 5.41) is 13.9. The van der Waals surface area contributed by atoms with E-state index in [9.17, 15) is 10.1 Å². The zero-order valence-corrected chi connectivity index (χ0v) is 11.1. The monoisotopic (exact) mass is 266 g/mol. The third-order valence-electron chi connectivity index (χ3n) is 3.26. The van der Waals surface area contributed by atoms with Gasteiger partial charge < -0.3 is 16.0 Å². The van der Waals surface area contributed by atoms with E-state index < -0.39 is 4.92 Å². The van der Waals surface area contributed by atoms with Crippen molar-refractivity contribution in [3.63, 3.8) is 0 Å². The van der Waals surface area contributed by atoms with Crippen molar-refractivity contribution in [3.05, 3.63) is 10.1 Å². The van der Waals surface area contributed by atoms with Crippen LogP contribution in [0.2, 0.25) is 0 Å². The molecule has 1 aliphatic rings. The van der Waals surface area contributed by atoms with Crippen LogP contribution >= 0.6 is 0 Å². The fourth-order valence-electron chi connectivity index (χ4n) is 2.35. The first kappa shape index (κ1) is 13.3. The number of anilines is 3. The molecule has 0 amide bonds. The van der Waals surface area contributed by atoms with E-state index >= 15 is 0 Å². The van der Waals surface area contributed by atoms with Gasteiger partial charge in [-0.2, -0.15) is 9.97 Å². The summed E-state index contributed by atoms with van der Waals surface area (Å²) >= 11 is 0. The summed E-state index contributed by atoms with van der Waals surface area (Å²) in [7, 11) is 1.66. The van der Waals surface area contributed by atoms with Gasteiger partial charge >= 0.3 is 5.69 Å². The fraction of sp³-hybridized carbons (Fsp3) is 0.636. The average Bonchev–Trinajstić information content (AvgIpc) is 2.37. The van der Waals surface area contributed by atoms with Crippen LogP contribution in [0.1, 0.15) is 19.8 Å². The highest BCUT2D eigenvalue weighted by molar-refractivity contribution is 5.71. The summed E-state index contributed by atoms with van der Waals surface area (Å²) in [4.78, 5) is 20.7. The molecule has 1 saturated heterocycles. The van der Waals surface area contributed by atoms with Crippen LogP contribution < -0.4 is 16.0 Å². The highest BCUT2D eigenvalue weighted by Crippen LogP contribution is 2.34. The van der Waals surface area contributed by atoms with E-state index in [0.717, 1.165) is 25.9 Å². The number of nitro groups is 1. The molecular weight excluding hydrogens is 248 g/mol. The lowest BCUT2D eigenvalue weighted by Crippen LogP contribution is -2.35. The lowest BCUT2D eigenvalue weighted by molar-refractivity contribution is -0.383. The van der Waals surface area contributed by atoms with E-state index in [1.807, 2.05) is 4.90 Å². The summed E-state index contributed by atoms with van der Waals surface area (Å²) in [5.74, 6) is 1.00. The Balaban J connectivity index is 2.46. The first-order valence-corrected chi connectivity index (χ1v) is 6.27. The number of hydrogen-bond acceptors (Lipinski definition) is 7. The molecule has 1 fully saturated rings. The van der Waals surface area contributed by atoms with Gasteiger partial charge in [-0.25, -0.2) is 0 Å². The first-order valence-electron chi connectivity index (χ1n) is 6.27. The highest BCUT2D eigenvalue weighted by atomic mass is 16.6. The molecule has 104 valence electrons. The summed E-state index contributed by atoms with van der Waals surface area (Å²) in [6, 6.07) is 0. The third-order valence-corrected chi connectivity index (χ3v) is 3.26. The molecule has 0 bridgehead atoms. The second-order valence-electron chi connectivity index (χ2n) is 4.81. The maximum absolute atomic E-state index is 11.2. The number of hydrogen-bond donors (Lipinski definition) is 2. The topological polar surface area (TPSA) is 110 Å². The van der Waals surface area contributed by atoms with Crippen LogP contribution in [0.5, 0.6) is 0 Å². The molecule has 1 aliphatic heterocycles. The van der Waals surface area contributed by atoms with Gasteiger partial charge in [-0.3, -0.25) is 10.1 Å². The summed E-state index contributed by atoms with van der Waals surface area (Å²) in [6.45, 7) is 3.63. The second kappa shape index (κ2) is 5.25. The van der Waals surface area contributed by atoms with Crippen molar-refractivity contribution in [3.8, 4) is 0 Å². The smallest absolute Gasteiger partial charge is 0.353 e. The number of aromatic nitrogens is 2. The van der Waals surface area contributed by atoms with Crippen LogP contribution in [-0.2, 0) is 0 Å². The number of nitrogens with two attached hydrogens (primary N) is 1. The van der Waals surface area contributed by atoms with Gasteiger partial charge in [0.15, 0.2) is 0 Å². The van der Waals surface area contributed by atoms with Crippen LogP contribution in [0.4, 0.5) is 23.3 Å². The van der Waals surface area contributed by atoms with E-state index in [-0.39, 0.29) is 11.5 Å². The van der Waals surface area contributed by atoms with Crippen LogP contribution in [0.25, 0.3) is 0 Å². The van der Waals surface area contributed by atoms with E-state index in [2.05, 4.69) is 22.2 Å². The molecule has 0 saturated carbocycles. The minimum Gasteiger partial charge on any atom is -0.378 e. The molecule has 19 heavy (non-hydrogen) atoms. The maximum Gasteiger partial charge on any atom is 0.353 e. The molecule has 2 heterocycles. The molecule has 0 aromatic carbocycles. The Labute approximate surface area is 111 Å². The minimum atomic E-state index is -0.511. The SMILES string of the molecule is CNc1nc(N)c([N+](=O)[O-])c(N2CCC[C@@H](C)C2)n1. The number of piperidine rings is 1. The van der Waals surface area contributed by atoms with Crippen LogP contribution in [0.15, 0.2) is 0 Å². The van der Waals surface area contributed by atoms with Gasteiger partial charge in [0.05, 0.1) is 4.92 Å². The zero-order valence-electron chi connectivity index (χ0n) is 11.1. The normalized spacial score (nSPS) is 19.3. The van der Waals surface area contributed by atoms with Gasteiger partial charge in [0.1, 0.15) is 0 Å². The molecule has 8 heteroatoms. The van der Waals surface area contributed by atoms with Crippen molar-refractivity contribution < 1.29 is 4.92 Å². The van der Waals surface area contributed by atoms with Gasteiger partial charge in [0.2, 0.25) is 17.6 Å². The average molecular weight is 266 g/mol. The van der Waals surface area contributed by atoms with E-state index in [4.69, 9.17) is 5.73 Å². The fourth-order valence-corrected chi connectivity index (χ4v) is 2.35. The van der Waals surface area contributed by atoms with E-state index in [1.165, 1.54) is 0 Å². The Morgan fingerprint density at radius 3 is 2.84 bits per heavy atom. The van der Waals surface area contributed by atoms with Crippen molar-refractivity contribution in [1.82, 2.24) is 9.97 Å². The summed E-state index contributed by atoms with van der Waals surface area (Å²) < 4.78 is 0. The van der Waals surface area contributed by atoms with Crippen LogP contribution in [0, 0.1) is 16.0 Å². The molecule has 0 unspecified atom stereocenters. The molecular formula is C11H18N6O2. The highest BCUT2D eigenvalue weighted by Gasteiger charge is 2.29. The van der Waals surface area contributed by atoms with E-state index in [0.29, 0.717) is 17.7 Å². The Morgan fingerprint density at radius 1 is 1.53 bits per heavy atom. The minimum absolute atomic E-state index is 0.0995. The summed E-state index contributed by atoms with van der Waals surface area (Å²) in [5.41, 5.74) is 5.48. The predicted octanol–water partition coefficient (Wildman–Crippen LogP) is 1.24. The van der Waals surface area contributed by atoms with Gasteiger partial charge in [-0.1, -0.05) is 6.92 Å². The number of nitrogen functional groups attached to an aromatic ring is 1. The van der Waals surface area contributed by atoms with Crippen molar-refractivity contribution in [2.45, 2.75) is 19.8 Å². The molecule has 3 N–H and O–H groups in total. The maximum atomic E-state index is 11.2. The molecule has 0 spiro atoms. The second-order valence-corrected chi connectivity index (χ2v) is 4.81. The van der Waals surface area contributed by atoms with Gasteiger partial charge in [-0.05, 0) is 18.8 Å². The molecule has 1 aromatic heterocycles. The Bertz CT molecular complexity index is 492. The number of nitrogens with one attached hydrogen (secondary N) is 1. The van der Waals surface area contributed by atoms with Crippen LogP contribution in [-0.4, -0.2) is 35.0 Å². The van der Waals surface area contributed by atoms with Crippen molar-refractivity contribution in [2.75, 3.05) is 36.1 Å². The molecule has 1 atom stereocenters. The van der Waals surface area contributed by atoms with Gasteiger partial charge in [0.25, 0.3) is 0 Å². The third kappa shape index (κ3) is 2.67. The van der Waals surface area contributed by atoms with Crippen molar-refractivity contribution >= 4 is 23.3 Å². The Hall–Kier alpha value is -2.12. The van der Waals surface area contributed by atoms with Crippen molar-refractivity contribution in [1.29, 1.82) is 0 Å². The molecule has 0 radical (unpaired) electrons. The Kier molecular flexibility index (Phi) is 3.68. The number of rotatable bonds is 3. The molecule has 2 rings (SSSR count). The summed E-state index contributed by atoms with van der Waals surface area (Å²) in [6.07, 6.45) is 2.13. The standard InChI is InChI=1S/C11H18N6O2/c1-7-4-3-5-16(6-7)10-8(17(18)19)9(12)14-11(13-2)15-10/h7H,3-6H2,1-2H3,(H3,12,13,14,15)/t7-/m1/s1. The van der Waals surface area contributed by atoms with E-state index in [1.54, 1.807) is 7.05 Å².